The molecule has 1 N–H and O–H groups in total. The van der Waals surface area contributed by atoms with Gasteiger partial charge in [0.25, 0.3) is 18.2 Å². The number of piperidine rings is 1. The lowest BCUT2D eigenvalue weighted by Gasteiger charge is -2.36. The van der Waals surface area contributed by atoms with Crippen LogP contribution in [-0.2, 0) is 18.2 Å². The molecule has 0 unspecified atom stereocenters. The number of rotatable bonds is 6. The summed E-state index contributed by atoms with van der Waals surface area (Å²) in [5, 5.41) is 7.21. The second kappa shape index (κ2) is 9.78. The van der Waals surface area contributed by atoms with Crippen molar-refractivity contribution in [2.24, 2.45) is 18.9 Å². The molecule has 2 amide bonds. The Kier molecular flexibility index (Phi) is 6.69. The van der Waals surface area contributed by atoms with E-state index in [0.29, 0.717) is 54.6 Å². The van der Waals surface area contributed by atoms with E-state index >= 15 is 0 Å². The van der Waals surface area contributed by atoms with Crippen LogP contribution >= 0.6 is 11.6 Å². The molecule has 192 valence electrons. The fourth-order valence-corrected chi connectivity index (χ4v) is 5.42. The van der Waals surface area contributed by atoms with Gasteiger partial charge in [0, 0.05) is 45.0 Å². The smallest absolute Gasteiger partial charge is 0.282 e. The van der Waals surface area contributed by atoms with Crippen LogP contribution in [0.3, 0.4) is 0 Å². The molecule has 12 heteroatoms. The summed E-state index contributed by atoms with van der Waals surface area (Å²) in [6.07, 6.45) is 1.16. The van der Waals surface area contributed by atoms with Crippen molar-refractivity contribution in [3.05, 3.63) is 52.2 Å². The van der Waals surface area contributed by atoms with E-state index in [9.17, 15) is 18.4 Å². The van der Waals surface area contributed by atoms with Gasteiger partial charge >= 0.3 is 0 Å². The van der Waals surface area contributed by atoms with E-state index in [4.69, 9.17) is 16.3 Å². The molecule has 0 radical (unpaired) electrons. The lowest BCUT2D eigenvalue weighted by molar-refractivity contribution is 0.0532. The first-order valence-electron chi connectivity index (χ1n) is 11.9. The van der Waals surface area contributed by atoms with Crippen LogP contribution in [0.2, 0.25) is 5.02 Å². The molecule has 5 rings (SSSR count). The summed E-state index contributed by atoms with van der Waals surface area (Å²) in [5.74, 6) is -0.520. The molecule has 36 heavy (non-hydrogen) atoms. The molecule has 2 saturated heterocycles. The zero-order valence-electron chi connectivity index (χ0n) is 20.0. The molecule has 2 aliphatic heterocycles. The number of halogens is 3. The van der Waals surface area contributed by atoms with Gasteiger partial charge in [-0.25, -0.2) is 13.8 Å². The van der Waals surface area contributed by atoms with Crippen LogP contribution < -0.4 is 5.32 Å². The number of hydrogen-bond acceptors (Lipinski definition) is 5. The maximum Gasteiger partial charge on any atom is 0.282 e. The van der Waals surface area contributed by atoms with E-state index in [-0.39, 0.29) is 36.0 Å². The normalized spacial score (nSPS) is 21.8. The van der Waals surface area contributed by atoms with Crippen molar-refractivity contribution in [1.82, 2.24) is 29.4 Å². The molecule has 0 aliphatic carbocycles. The maximum atomic E-state index is 13.4. The minimum atomic E-state index is -2.83. The van der Waals surface area contributed by atoms with Crippen molar-refractivity contribution in [2.45, 2.75) is 32.3 Å². The number of alkyl halides is 2. The fraction of sp³-hybridized carbons (Fsp3) is 0.500. The first-order chi connectivity index (χ1) is 17.3. The van der Waals surface area contributed by atoms with Crippen LogP contribution in [0.15, 0.2) is 24.5 Å². The van der Waals surface area contributed by atoms with Gasteiger partial charge in [-0.3, -0.25) is 18.7 Å². The number of carbonyl (C=O) groups is 2. The van der Waals surface area contributed by atoms with Gasteiger partial charge in [0.2, 0.25) is 0 Å². The number of imidazole rings is 1. The molecule has 0 bridgehead atoms. The molecule has 5 heterocycles. The molecule has 0 spiro atoms. The lowest BCUT2D eigenvalue weighted by atomic mass is 9.84. The zero-order valence-corrected chi connectivity index (χ0v) is 20.7. The minimum absolute atomic E-state index is 0.0167. The molecule has 3 atom stereocenters. The quantitative estimate of drug-likeness (QED) is 0.539. The van der Waals surface area contributed by atoms with Gasteiger partial charge in [0.1, 0.15) is 17.0 Å². The lowest BCUT2D eigenvalue weighted by Crippen LogP contribution is -2.47. The van der Waals surface area contributed by atoms with Crippen LogP contribution in [0.5, 0.6) is 0 Å². The highest BCUT2D eigenvalue weighted by molar-refractivity contribution is 6.30. The largest absolute Gasteiger partial charge is 0.376 e. The highest BCUT2D eigenvalue weighted by Gasteiger charge is 2.43. The maximum absolute atomic E-state index is 13.4. The Morgan fingerprint density at radius 3 is 2.86 bits per heavy atom. The number of likely N-dealkylation sites (tertiary alicyclic amines) is 1. The standard InChI is InChI=1S/C24H27ClF2N6O3/c1-3-17-21(33-9-14(25)4-5-19(33)29-17)23(34)28-8-18-15-11-32(7-6-13(15)12-36-18)24(35)16-10-31(2)30-20(16)22(26)27/h4-5,9-10,13,15,18,22H,3,6-8,11-12H2,1-2H3,(H,28,34)/t13-,15+,18+/m0/s1. The van der Waals surface area contributed by atoms with Gasteiger partial charge in [-0.2, -0.15) is 5.10 Å². The van der Waals surface area contributed by atoms with Crippen molar-refractivity contribution in [3.63, 3.8) is 0 Å². The average Bonchev–Trinajstić information content (AvgIpc) is 3.55. The minimum Gasteiger partial charge on any atom is -0.376 e. The van der Waals surface area contributed by atoms with Crippen LogP contribution in [0.4, 0.5) is 8.78 Å². The Bertz CT molecular complexity index is 1310. The third-order valence-corrected chi connectivity index (χ3v) is 7.28. The Labute approximate surface area is 211 Å². The van der Waals surface area contributed by atoms with Crippen LogP contribution in [0, 0.1) is 11.8 Å². The van der Waals surface area contributed by atoms with Crippen LogP contribution in [0.1, 0.15) is 52.0 Å². The van der Waals surface area contributed by atoms with E-state index in [1.54, 1.807) is 27.6 Å². The summed E-state index contributed by atoms with van der Waals surface area (Å²) < 4.78 is 35.7. The fourth-order valence-electron chi connectivity index (χ4n) is 5.26. The number of nitrogens with zero attached hydrogens (tertiary/aromatic N) is 5. The number of fused-ring (bicyclic) bond motifs is 2. The Balaban J connectivity index is 1.28. The van der Waals surface area contributed by atoms with E-state index in [1.165, 1.54) is 17.9 Å². The van der Waals surface area contributed by atoms with Gasteiger partial charge in [0.15, 0.2) is 0 Å². The van der Waals surface area contributed by atoms with Crippen molar-refractivity contribution in [3.8, 4) is 0 Å². The molecule has 3 aromatic heterocycles. The summed E-state index contributed by atoms with van der Waals surface area (Å²) in [4.78, 5) is 32.4. The molecule has 2 fully saturated rings. The Morgan fingerprint density at radius 2 is 2.11 bits per heavy atom. The SMILES string of the molecule is CCc1nc2ccc(Cl)cn2c1C(=O)NC[C@H]1OC[C@@H]2CCN(C(=O)c3cn(C)nc3C(F)F)C[C@H]21. The summed E-state index contributed by atoms with van der Waals surface area (Å²) in [6, 6.07) is 3.49. The van der Waals surface area contributed by atoms with Gasteiger partial charge in [-0.1, -0.05) is 18.5 Å². The highest BCUT2D eigenvalue weighted by Crippen LogP contribution is 2.35. The second-order valence-electron chi connectivity index (χ2n) is 9.28. The number of carbonyl (C=O) groups excluding carboxylic acids is 2. The van der Waals surface area contributed by atoms with Crippen LogP contribution in [-0.4, -0.2) is 68.2 Å². The molecular weight excluding hydrogens is 494 g/mol. The van der Waals surface area contributed by atoms with E-state index < -0.39 is 18.0 Å². The number of pyridine rings is 1. The zero-order chi connectivity index (χ0) is 25.6. The predicted molar refractivity (Wildman–Crippen MR) is 127 cm³/mol. The first kappa shape index (κ1) is 24.6. The van der Waals surface area contributed by atoms with Crippen molar-refractivity contribution < 1.29 is 23.1 Å². The monoisotopic (exact) mass is 520 g/mol. The van der Waals surface area contributed by atoms with Crippen LogP contribution in [0.25, 0.3) is 5.65 Å². The number of aromatic nitrogens is 4. The van der Waals surface area contributed by atoms with Gasteiger partial charge < -0.3 is 15.0 Å². The number of aryl methyl sites for hydroxylation is 2. The third kappa shape index (κ3) is 4.45. The van der Waals surface area contributed by atoms with E-state index in [0.717, 1.165) is 0 Å². The Morgan fingerprint density at radius 1 is 1.31 bits per heavy atom. The number of ether oxygens (including phenoxy) is 1. The number of amides is 2. The van der Waals surface area contributed by atoms with Crippen molar-refractivity contribution >= 4 is 29.1 Å². The van der Waals surface area contributed by atoms with Gasteiger partial charge in [0.05, 0.1) is 29.0 Å². The summed E-state index contributed by atoms with van der Waals surface area (Å²) in [7, 11) is 1.51. The topological polar surface area (TPSA) is 93.8 Å². The molecule has 9 nitrogen and oxygen atoms in total. The highest BCUT2D eigenvalue weighted by atomic mass is 35.5. The molecule has 0 aromatic carbocycles. The molecule has 3 aromatic rings. The van der Waals surface area contributed by atoms with Gasteiger partial charge in [-0.15, -0.1) is 0 Å². The molecular formula is C24H27ClF2N6O3. The summed E-state index contributed by atoms with van der Waals surface area (Å²) in [5.41, 5.74) is 1.16. The van der Waals surface area contributed by atoms with E-state index in [1.807, 2.05) is 6.92 Å². The first-order valence-corrected chi connectivity index (χ1v) is 12.3. The van der Waals surface area contributed by atoms with Crippen molar-refractivity contribution in [1.29, 1.82) is 0 Å². The second-order valence-corrected chi connectivity index (χ2v) is 9.72. The number of nitrogens with one attached hydrogen (secondary N) is 1. The number of hydrogen-bond donors (Lipinski definition) is 1. The van der Waals surface area contributed by atoms with Gasteiger partial charge in [-0.05, 0) is 30.9 Å². The Hall–Kier alpha value is -3.05. The summed E-state index contributed by atoms with van der Waals surface area (Å²) in [6.45, 7) is 3.55. The summed E-state index contributed by atoms with van der Waals surface area (Å²) >= 11 is 6.14. The predicted octanol–water partition coefficient (Wildman–Crippen LogP) is 3.13. The van der Waals surface area contributed by atoms with E-state index in [2.05, 4.69) is 15.4 Å². The molecule has 0 saturated carbocycles. The van der Waals surface area contributed by atoms with Crippen molar-refractivity contribution in [2.75, 3.05) is 26.2 Å². The third-order valence-electron chi connectivity index (χ3n) is 7.06. The molecule has 2 aliphatic rings. The average molecular weight is 521 g/mol.